The van der Waals surface area contributed by atoms with Gasteiger partial charge in [-0.25, -0.2) is 0 Å². The molecule has 0 aliphatic carbocycles. The molecule has 0 radical (unpaired) electrons. The van der Waals surface area contributed by atoms with Crippen LogP contribution < -0.4 is 4.74 Å². The van der Waals surface area contributed by atoms with Crippen LogP contribution in [0.2, 0.25) is 0 Å². The van der Waals surface area contributed by atoms with Crippen LogP contribution in [-0.4, -0.2) is 44.1 Å². The molecule has 104 valence electrons. The number of methoxy groups -OCH3 is 1. The average molecular weight is 265 g/mol. The first-order chi connectivity index (χ1) is 9.02. The van der Waals surface area contributed by atoms with Crippen LogP contribution in [0.25, 0.3) is 0 Å². The van der Waals surface area contributed by atoms with Crippen LogP contribution in [0, 0.1) is 6.92 Å². The van der Waals surface area contributed by atoms with Crippen LogP contribution in [0.3, 0.4) is 0 Å². The van der Waals surface area contributed by atoms with Gasteiger partial charge in [-0.2, -0.15) is 0 Å². The molecule has 1 rings (SSSR count). The second-order valence-corrected chi connectivity index (χ2v) is 4.24. The van der Waals surface area contributed by atoms with Crippen LogP contribution in [0.1, 0.15) is 12.0 Å². The van der Waals surface area contributed by atoms with Crippen molar-refractivity contribution in [2.24, 2.45) is 0 Å². The Morgan fingerprint density at radius 1 is 1.32 bits per heavy atom. The predicted octanol–water partition coefficient (Wildman–Crippen LogP) is 1.40. The molecule has 0 heterocycles. The molecule has 0 saturated carbocycles. The number of carbonyl (C=O) groups is 2. The van der Waals surface area contributed by atoms with E-state index < -0.39 is 5.97 Å². The van der Waals surface area contributed by atoms with Crippen molar-refractivity contribution in [2.45, 2.75) is 13.3 Å². The highest BCUT2D eigenvalue weighted by Crippen LogP contribution is 2.12. The molecule has 1 aromatic carbocycles. The summed E-state index contributed by atoms with van der Waals surface area (Å²) in [7, 11) is 2.85. The van der Waals surface area contributed by atoms with Gasteiger partial charge in [0.25, 0.3) is 0 Å². The molecule has 0 aliphatic heterocycles. The first-order valence-electron chi connectivity index (χ1n) is 6.03. The molecule has 0 atom stereocenters. The summed E-state index contributed by atoms with van der Waals surface area (Å²) in [5.41, 5.74) is 1.10. The second-order valence-electron chi connectivity index (χ2n) is 4.24. The smallest absolute Gasteiger partial charge is 0.325 e. The molecule has 5 nitrogen and oxygen atoms in total. The molecule has 0 bridgehead atoms. The van der Waals surface area contributed by atoms with Crippen molar-refractivity contribution in [3.63, 3.8) is 0 Å². The average Bonchev–Trinajstić information content (AvgIpc) is 2.38. The lowest BCUT2D eigenvalue weighted by Gasteiger charge is -2.15. The lowest BCUT2D eigenvalue weighted by Crippen LogP contribution is -2.33. The summed E-state index contributed by atoms with van der Waals surface area (Å²) in [5, 5.41) is 0. The Hall–Kier alpha value is -2.04. The van der Waals surface area contributed by atoms with Gasteiger partial charge in [-0.05, 0) is 24.6 Å². The maximum atomic E-state index is 11.7. The van der Waals surface area contributed by atoms with Crippen molar-refractivity contribution in [3.8, 4) is 5.75 Å². The van der Waals surface area contributed by atoms with Gasteiger partial charge in [0.2, 0.25) is 5.91 Å². The van der Waals surface area contributed by atoms with Crippen molar-refractivity contribution >= 4 is 11.9 Å². The van der Waals surface area contributed by atoms with Gasteiger partial charge in [0.15, 0.2) is 0 Å². The van der Waals surface area contributed by atoms with Gasteiger partial charge in [0, 0.05) is 7.05 Å². The first kappa shape index (κ1) is 15.0. The van der Waals surface area contributed by atoms with Crippen molar-refractivity contribution in [2.75, 3.05) is 27.3 Å². The summed E-state index contributed by atoms with van der Waals surface area (Å²) in [5.74, 6) is 0.150. The van der Waals surface area contributed by atoms with Gasteiger partial charge in [-0.15, -0.1) is 0 Å². The van der Waals surface area contributed by atoms with E-state index >= 15 is 0 Å². The van der Waals surface area contributed by atoms with Crippen molar-refractivity contribution < 1.29 is 19.1 Å². The molecule has 0 N–H and O–H groups in total. The van der Waals surface area contributed by atoms with Crippen LogP contribution in [0.5, 0.6) is 5.75 Å². The number of carbonyl (C=O) groups excluding carboxylic acids is 2. The van der Waals surface area contributed by atoms with E-state index in [-0.39, 0.29) is 25.5 Å². The minimum Gasteiger partial charge on any atom is -0.493 e. The highest BCUT2D eigenvalue weighted by Gasteiger charge is 2.12. The molecule has 0 aromatic heterocycles. The SMILES string of the molecule is COC(=O)CN(C)C(=O)CCOc1cccc(C)c1. The highest BCUT2D eigenvalue weighted by molar-refractivity contribution is 5.81. The van der Waals surface area contributed by atoms with Gasteiger partial charge in [0.1, 0.15) is 12.3 Å². The highest BCUT2D eigenvalue weighted by atomic mass is 16.5. The number of hydrogen-bond acceptors (Lipinski definition) is 4. The number of amides is 1. The van der Waals surface area contributed by atoms with Gasteiger partial charge >= 0.3 is 5.97 Å². The van der Waals surface area contributed by atoms with Crippen LogP contribution >= 0.6 is 0 Å². The van der Waals surface area contributed by atoms with Crippen LogP contribution in [-0.2, 0) is 14.3 Å². The lowest BCUT2D eigenvalue weighted by atomic mass is 10.2. The maximum absolute atomic E-state index is 11.7. The normalized spacial score (nSPS) is 9.84. The van der Waals surface area contributed by atoms with Gasteiger partial charge in [-0.1, -0.05) is 12.1 Å². The molecular weight excluding hydrogens is 246 g/mol. The molecule has 0 fully saturated rings. The zero-order valence-corrected chi connectivity index (χ0v) is 11.5. The second kappa shape index (κ2) is 7.41. The molecule has 1 aromatic rings. The fourth-order valence-corrected chi connectivity index (χ4v) is 1.50. The fraction of sp³-hybridized carbons (Fsp3) is 0.429. The number of rotatable bonds is 6. The maximum Gasteiger partial charge on any atom is 0.325 e. The number of benzene rings is 1. The molecule has 19 heavy (non-hydrogen) atoms. The van der Waals surface area contributed by atoms with Gasteiger partial charge < -0.3 is 14.4 Å². The van der Waals surface area contributed by atoms with E-state index in [4.69, 9.17) is 4.74 Å². The molecule has 0 spiro atoms. The van der Waals surface area contributed by atoms with Crippen molar-refractivity contribution in [1.82, 2.24) is 4.90 Å². The summed E-state index contributed by atoms with van der Waals surface area (Å²) in [6, 6.07) is 7.62. The largest absolute Gasteiger partial charge is 0.493 e. The third-order valence-corrected chi connectivity index (χ3v) is 2.59. The Kier molecular flexibility index (Phi) is 5.85. The topological polar surface area (TPSA) is 55.8 Å². The molecule has 1 amide bonds. The Bertz CT molecular complexity index is 445. The summed E-state index contributed by atoms with van der Waals surface area (Å²) in [6.45, 7) is 2.22. The number of likely N-dealkylation sites (N-methyl/N-ethyl adjacent to an activating group) is 1. The van der Waals surface area contributed by atoms with Crippen LogP contribution in [0.4, 0.5) is 0 Å². The summed E-state index contributed by atoms with van der Waals surface area (Å²) in [4.78, 5) is 24.0. The number of aryl methyl sites for hydroxylation is 1. The standard InChI is InChI=1S/C14H19NO4/c1-11-5-4-6-12(9-11)19-8-7-13(16)15(2)10-14(17)18-3/h4-6,9H,7-8,10H2,1-3H3. The lowest BCUT2D eigenvalue weighted by molar-refractivity contribution is -0.146. The quantitative estimate of drug-likeness (QED) is 0.729. The summed E-state index contributed by atoms with van der Waals surface area (Å²) < 4.78 is 9.97. The van der Waals surface area contributed by atoms with Crippen molar-refractivity contribution in [1.29, 1.82) is 0 Å². The summed E-state index contributed by atoms with van der Waals surface area (Å²) >= 11 is 0. The Morgan fingerprint density at radius 3 is 2.68 bits per heavy atom. The van der Waals surface area contributed by atoms with E-state index in [9.17, 15) is 9.59 Å². The molecule has 0 saturated heterocycles. The number of hydrogen-bond donors (Lipinski definition) is 0. The molecular formula is C14H19NO4. The number of nitrogens with zero attached hydrogens (tertiary/aromatic N) is 1. The molecule has 5 heteroatoms. The fourth-order valence-electron chi connectivity index (χ4n) is 1.50. The first-order valence-corrected chi connectivity index (χ1v) is 6.03. The minimum atomic E-state index is -0.435. The Morgan fingerprint density at radius 2 is 2.05 bits per heavy atom. The Balaban J connectivity index is 2.32. The third kappa shape index (κ3) is 5.42. The summed E-state index contributed by atoms with van der Waals surface area (Å²) in [6.07, 6.45) is 0.224. The zero-order valence-electron chi connectivity index (χ0n) is 11.5. The van der Waals surface area contributed by atoms with E-state index in [1.165, 1.54) is 12.0 Å². The van der Waals surface area contributed by atoms with Gasteiger partial charge in [0.05, 0.1) is 20.1 Å². The monoisotopic (exact) mass is 265 g/mol. The Labute approximate surface area is 113 Å². The van der Waals surface area contributed by atoms with Gasteiger partial charge in [-0.3, -0.25) is 9.59 Å². The van der Waals surface area contributed by atoms with E-state index in [1.807, 2.05) is 31.2 Å². The van der Waals surface area contributed by atoms with Crippen molar-refractivity contribution in [3.05, 3.63) is 29.8 Å². The zero-order chi connectivity index (χ0) is 14.3. The predicted molar refractivity (Wildman–Crippen MR) is 70.9 cm³/mol. The number of ether oxygens (including phenoxy) is 2. The third-order valence-electron chi connectivity index (χ3n) is 2.59. The van der Waals surface area contributed by atoms with E-state index in [2.05, 4.69) is 4.74 Å². The van der Waals surface area contributed by atoms with E-state index in [0.29, 0.717) is 0 Å². The minimum absolute atomic E-state index is 0.0419. The van der Waals surface area contributed by atoms with Crippen LogP contribution in [0.15, 0.2) is 24.3 Å². The molecule has 0 unspecified atom stereocenters. The molecule has 0 aliphatic rings. The number of esters is 1. The van der Waals surface area contributed by atoms with E-state index in [0.717, 1.165) is 11.3 Å². The van der Waals surface area contributed by atoms with E-state index in [1.54, 1.807) is 7.05 Å².